The first-order chi connectivity index (χ1) is 13.3. The molecule has 2 aromatic rings. The maximum atomic E-state index is 12.1. The van der Waals surface area contributed by atoms with Crippen LogP contribution < -0.4 is 5.32 Å². The lowest BCUT2D eigenvalue weighted by Gasteiger charge is -2.12. The maximum absolute atomic E-state index is 12.1. The second kappa shape index (κ2) is 8.41. The van der Waals surface area contributed by atoms with Gasteiger partial charge in [-0.25, -0.2) is 9.59 Å². The monoisotopic (exact) mass is 420 g/mol. The van der Waals surface area contributed by atoms with Crippen molar-refractivity contribution < 1.29 is 23.9 Å². The number of carbonyl (C=O) groups is 4. The van der Waals surface area contributed by atoms with Crippen molar-refractivity contribution in [3.63, 3.8) is 0 Å². The van der Waals surface area contributed by atoms with Crippen LogP contribution in [-0.2, 0) is 16.1 Å². The van der Waals surface area contributed by atoms with Crippen LogP contribution in [0.5, 0.6) is 0 Å². The highest BCUT2D eigenvalue weighted by atomic mass is 35.5. The molecule has 1 N–H and O–H groups in total. The van der Waals surface area contributed by atoms with Crippen LogP contribution in [0.4, 0.5) is 4.79 Å². The zero-order valence-electron chi connectivity index (χ0n) is 14.4. The highest BCUT2D eigenvalue weighted by Gasteiger charge is 2.28. The summed E-state index contributed by atoms with van der Waals surface area (Å²) in [5, 5.41) is 3.01. The van der Waals surface area contributed by atoms with Crippen molar-refractivity contribution in [2.45, 2.75) is 6.54 Å². The van der Waals surface area contributed by atoms with Crippen LogP contribution in [-0.4, -0.2) is 41.7 Å². The molecule has 144 valence electrons. The van der Waals surface area contributed by atoms with Gasteiger partial charge in [0.1, 0.15) is 0 Å². The quantitative estimate of drug-likeness (QED) is 0.440. The van der Waals surface area contributed by atoms with Gasteiger partial charge in [0.2, 0.25) is 11.7 Å². The number of nitrogens with zero attached hydrogens (tertiary/aromatic N) is 1. The third-order valence-electron chi connectivity index (χ3n) is 4.03. The van der Waals surface area contributed by atoms with Crippen molar-refractivity contribution in [2.75, 3.05) is 13.2 Å². The van der Waals surface area contributed by atoms with Crippen molar-refractivity contribution in [3.8, 4) is 0 Å². The van der Waals surface area contributed by atoms with E-state index in [1.54, 1.807) is 12.1 Å². The number of carbonyl (C=O) groups excluding carboxylic acids is 4. The minimum atomic E-state index is -0.681. The summed E-state index contributed by atoms with van der Waals surface area (Å²) in [6.45, 7) is -0.382. The molecule has 0 unspecified atom stereocenters. The summed E-state index contributed by atoms with van der Waals surface area (Å²) in [5.74, 6) is -1.45. The number of Topliss-reactive ketones (excluding diaryl/α,β-unsaturated/α-hetero) is 1. The summed E-state index contributed by atoms with van der Waals surface area (Å²) < 4.78 is 5.03. The Bertz CT molecular complexity index is 943. The zero-order valence-corrected chi connectivity index (χ0v) is 15.9. The Hall–Kier alpha value is -2.90. The van der Waals surface area contributed by atoms with Crippen LogP contribution in [0.1, 0.15) is 26.3 Å². The minimum absolute atomic E-state index is 0.0189. The highest BCUT2D eigenvalue weighted by Crippen LogP contribution is 2.21. The number of rotatable bonds is 6. The van der Waals surface area contributed by atoms with Crippen molar-refractivity contribution in [3.05, 3.63) is 69.2 Å². The van der Waals surface area contributed by atoms with Gasteiger partial charge in [-0.1, -0.05) is 35.3 Å². The van der Waals surface area contributed by atoms with Crippen molar-refractivity contribution in [2.24, 2.45) is 0 Å². The van der Waals surface area contributed by atoms with E-state index in [1.165, 1.54) is 30.3 Å². The van der Waals surface area contributed by atoms with E-state index in [4.69, 9.17) is 27.9 Å². The van der Waals surface area contributed by atoms with Crippen molar-refractivity contribution in [1.29, 1.82) is 0 Å². The van der Waals surface area contributed by atoms with Gasteiger partial charge >= 0.3 is 12.0 Å². The molecule has 1 fully saturated rings. The number of nitrogens with one attached hydrogen (secondary N) is 1. The van der Waals surface area contributed by atoms with E-state index in [2.05, 4.69) is 5.32 Å². The molecule has 3 rings (SSSR count). The van der Waals surface area contributed by atoms with Gasteiger partial charge in [-0.2, -0.15) is 0 Å². The summed E-state index contributed by atoms with van der Waals surface area (Å²) in [7, 11) is 0. The Morgan fingerprint density at radius 1 is 1.07 bits per heavy atom. The molecular formula is C19H14Cl2N2O5. The fraction of sp³-hybridized carbons (Fsp3) is 0.158. The molecule has 0 bridgehead atoms. The highest BCUT2D eigenvalue weighted by molar-refractivity contribution is 6.36. The van der Waals surface area contributed by atoms with E-state index < -0.39 is 24.4 Å². The molecule has 3 amide bonds. The summed E-state index contributed by atoms with van der Waals surface area (Å²) in [5.41, 5.74) is 1.12. The van der Waals surface area contributed by atoms with Crippen LogP contribution in [0.25, 0.3) is 0 Å². The number of benzene rings is 2. The Kier molecular flexibility index (Phi) is 5.96. The largest absolute Gasteiger partial charge is 0.454 e. The Morgan fingerprint density at radius 2 is 1.79 bits per heavy atom. The number of hydrogen-bond donors (Lipinski definition) is 1. The third kappa shape index (κ3) is 4.49. The number of esters is 1. The smallest absolute Gasteiger partial charge is 0.338 e. The van der Waals surface area contributed by atoms with Gasteiger partial charge in [-0.05, 0) is 35.9 Å². The number of ketones is 1. The molecule has 9 heteroatoms. The molecule has 1 aliphatic heterocycles. The standard InChI is InChI=1S/C19H14Cl2N2O5/c20-13-5-6-14(15(21)7-13)16(24)10-28-18(26)12-3-1-11(2-4-12)9-23-17(25)8-22-19(23)27/h1-7H,8-10H2,(H,22,27). The number of imide groups is 1. The van der Waals surface area contributed by atoms with Crippen LogP contribution in [0.2, 0.25) is 10.0 Å². The van der Waals surface area contributed by atoms with Crippen LogP contribution in [0, 0.1) is 0 Å². The molecule has 0 radical (unpaired) electrons. The number of amides is 3. The SMILES string of the molecule is O=C(OCC(=O)c1ccc(Cl)cc1Cl)c1ccc(CN2C(=O)CNC2=O)cc1. The maximum Gasteiger partial charge on any atom is 0.338 e. The van der Waals surface area contributed by atoms with Gasteiger partial charge in [-0.15, -0.1) is 0 Å². The molecule has 0 aliphatic carbocycles. The predicted molar refractivity (Wildman–Crippen MR) is 101 cm³/mol. The van der Waals surface area contributed by atoms with E-state index in [0.717, 1.165) is 4.90 Å². The van der Waals surface area contributed by atoms with Crippen LogP contribution >= 0.6 is 23.2 Å². The third-order valence-corrected chi connectivity index (χ3v) is 4.58. The van der Waals surface area contributed by atoms with Gasteiger partial charge in [0.05, 0.1) is 23.7 Å². The zero-order chi connectivity index (χ0) is 20.3. The van der Waals surface area contributed by atoms with Gasteiger partial charge < -0.3 is 10.1 Å². The molecule has 7 nitrogen and oxygen atoms in total. The topological polar surface area (TPSA) is 92.8 Å². The number of halogens is 2. The fourth-order valence-electron chi connectivity index (χ4n) is 2.55. The van der Waals surface area contributed by atoms with Crippen LogP contribution in [0.3, 0.4) is 0 Å². The predicted octanol–water partition coefficient (Wildman–Crippen LogP) is 3.08. The summed E-state index contributed by atoms with van der Waals surface area (Å²) in [4.78, 5) is 48.5. The summed E-state index contributed by atoms with van der Waals surface area (Å²) in [6, 6.07) is 10.2. The molecule has 2 aromatic carbocycles. The summed E-state index contributed by atoms with van der Waals surface area (Å²) >= 11 is 11.7. The normalized spacial score (nSPS) is 13.4. The molecule has 28 heavy (non-hydrogen) atoms. The molecule has 1 saturated heterocycles. The fourth-order valence-corrected chi connectivity index (χ4v) is 3.07. The van der Waals surface area contributed by atoms with E-state index in [-0.39, 0.29) is 35.1 Å². The first kappa shape index (κ1) is 19.9. The minimum Gasteiger partial charge on any atom is -0.454 e. The Balaban J connectivity index is 1.58. The van der Waals surface area contributed by atoms with E-state index >= 15 is 0 Å². The molecule has 0 atom stereocenters. The molecular weight excluding hydrogens is 407 g/mol. The second-order valence-electron chi connectivity index (χ2n) is 5.96. The molecule has 0 saturated carbocycles. The second-order valence-corrected chi connectivity index (χ2v) is 6.80. The lowest BCUT2D eigenvalue weighted by molar-refractivity contribution is -0.125. The first-order valence-corrected chi connectivity index (χ1v) is 8.93. The molecule has 1 heterocycles. The van der Waals surface area contributed by atoms with Gasteiger partial charge in [-0.3, -0.25) is 14.5 Å². The van der Waals surface area contributed by atoms with Gasteiger partial charge in [0.15, 0.2) is 6.61 Å². The van der Waals surface area contributed by atoms with Crippen molar-refractivity contribution >= 4 is 46.9 Å². The average molecular weight is 421 g/mol. The molecule has 1 aliphatic rings. The Morgan fingerprint density at radius 3 is 2.39 bits per heavy atom. The van der Waals surface area contributed by atoms with E-state index in [9.17, 15) is 19.2 Å². The Labute approximate surface area is 170 Å². The molecule has 0 spiro atoms. The molecule has 0 aromatic heterocycles. The average Bonchev–Trinajstić information content (AvgIpc) is 2.98. The van der Waals surface area contributed by atoms with Crippen LogP contribution in [0.15, 0.2) is 42.5 Å². The van der Waals surface area contributed by atoms with Gasteiger partial charge in [0.25, 0.3) is 0 Å². The van der Waals surface area contributed by atoms with Crippen molar-refractivity contribution in [1.82, 2.24) is 10.2 Å². The first-order valence-electron chi connectivity index (χ1n) is 8.17. The lowest BCUT2D eigenvalue weighted by Crippen LogP contribution is -2.30. The van der Waals surface area contributed by atoms with E-state index in [1.807, 2.05) is 0 Å². The number of urea groups is 1. The van der Waals surface area contributed by atoms with E-state index in [0.29, 0.717) is 10.6 Å². The number of hydrogen-bond acceptors (Lipinski definition) is 5. The number of ether oxygens (including phenoxy) is 1. The van der Waals surface area contributed by atoms with Gasteiger partial charge in [0, 0.05) is 10.6 Å². The summed E-state index contributed by atoms with van der Waals surface area (Å²) in [6.07, 6.45) is 0. The lowest BCUT2D eigenvalue weighted by atomic mass is 10.1.